The molecule has 3 heteroatoms. The van der Waals surface area contributed by atoms with Crippen molar-refractivity contribution in [2.75, 3.05) is 0 Å². The molecule has 0 aromatic carbocycles. The van der Waals surface area contributed by atoms with Gasteiger partial charge < -0.3 is 10.2 Å². The number of hydrogen-bond donors (Lipinski definition) is 2. The summed E-state index contributed by atoms with van der Waals surface area (Å²) in [7, 11) is 0. The summed E-state index contributed by atoms with van der Waals surface area (Å²) in [4.78, 5) is 11.0. The Morgan fingerprint density at radius 2 is 2.07 bits per heavy atom. The standard InChI is InChI=1S/C11H18O3/c1-10(2,9(12)13)11(14)7-5-3-4-6-8-11/h5,7,14H,3-4,6,8H2,1-2H3,(H,12,13). The number of aliphatic carboxylic acids is 1. The fourth-order valence-corrected chi connectivity index (χ4v) is 1.72. The molecule has 3 nitrogen and oxygen atoms in total. The van der Waals surface area contributed by atoms with Crippen molar-refractivity contribution in [2.24, 2.45) is 5.41 Å². The quantitative estimate of drug-likeness (QED) is 0.667. The Labute approximate surface area is 84.4 Å². The van der Waals surface area contributed by atoms with E-state index in [1.807, 2.05) is 6.08 Å². The van der Waals surface area contributed by atoms with Gasteiger partial charge >= 0.3 is 5.97 Å². The molecular weight excluding hydrogens is 180 g/mol. The van der Waals surface area contributed by atoms with Crippen LogP contribution in [0.2, 0.25) is 0 Å². The third kappa shape index (κ3) is 1.82. The Morgan fingerprint density at radius 3 is 2.64 bits per heavy atom. The fraction of sp³-hybridized carbons (Fsp3) is 0.727. The zero-order valence-electron chi connectivity index (χ0n) is 8.79. The van der Waals surface area contributed by atoms with E-state index in [-0.39, 0.29) is 0 Å². The highest BCUT2D eigenvalue weighted by Gasteiger charge is 2.47. The summed E-state index contributed by atoms with van der Waals surface area (Å²) in [5, 5.41) is 19.3. The SMILES string of the molecule is CC(C)(C(=O)O)C1(O)C=CCCCC1. The van der Waals surface area contributed by atoms with Crippen LogP contribution in [0.4, 0.5) is 0 Å². The number of aliphatic hydroxyl groups is 1. The van der Waals surface area contributed by atoms with Crippen LogP contribution in [0.25, 0.3) is 0 Å². The number of allylic oxidation sites excluding steroid dienone is 1. The van der Waals surface area contributed by atoms with Crippen LogP contribution in [0.1, 0.15) is 39.5 Å². The minimum atomic E-state index is -1.20. The fourth-order valence-electron chi connectivity index (χ4n) is 1.72. The topological polar surface area (TPSA) is 57.5 Å². The molecule has 80 valence electrons. The third-order valence-corrected chi connectivity index (χ3v) is 3.19. The molecule has 0 saturated heterocycles. The largest absolute Gasteiger partial charge is 0.481 e. The van der Waals surface area contributed by atoms with Gasteiger partial charge in [0.05, 0.1) is 11.0 Å². The highest BCUT2D eigenvalue weighted by Crippen LogP contribution is 2.38. The van der Waals surface area contributed by atoms with Crippen molar-refractivity contribution < 1.29 is 15.0 Å². The molecular formula is C11H18O3. The van der Waals surface area contributed by atoms with Gasteiger partial charge in [-0.15, -0.1) is 0 Å². The van der Waals surface area contributed by atoms with Crippen molar-refractivity contribution in [1.29, 1.82) is 0 Å². The lowest BCUT2D eigenvalue weighted by Gasteiger charge is -2.36. The van der Waals surface area contributed by atoms with Crippen LogP contribution in [-0.2, 0) is 4.79 Å². The molecule has 14 heavy (non-hydrogen) atoms. The van der Waals surface area contributed by atoms with Crippen molar-refractivity contribution in [3.05, 3.63) is 12.2 Å². The van der Waals surface area contributed by atoms with Gasteiger partial charge in [-0.2, -0.15) is 0 Å². The molecule has 0 fully saturated rings. The highest BCUT2D eigenvalue weighted by atomic mass is 16.4. The second-order valence-electron chi connectivity index (χ2n) is 4.50. The van der Waals surface area contributed by atoms with Gasteiger partial charge in [-0.3, -0.25) is 4.79 Å². The molecule has 1 atom stereocenters. The van der Waals surface area contributed by atoms with Crippen LogP contribution in [0.15, 0.2) is 12.2 Å². The van der Waals surface area contributed by atoms with Crippen molar-refractivity contribution >= 4 is 5.97 Å². The maximum atomic E-state index is 11.0. The lowest BCUT2D eigenvalue weighted by molar-refractivity contribution is -0.159. The predicted molar refractivity (Wildman–Crippen MR) is 54.0 cm³/mol. The summed E-state index contributed by atoms with van der Waals surface area (Å²) in [5.74, 6) is -0.952. The van der Waals surface area contributed by atoms with E-state index in [1.165, 1.54) is 0 Å². The highest BCUT2D eigenvalue weighted by molar-refractivity contribution is 5.75. The summed E-state index contributed by atoms with van der Waals surface area (Å²) in [5.41, 5.74) is -2.32. The van der Waals surface area contributed by atoms with Crippen molar-refractivity contribution in [3.8, 4) is 0 Å². The van der Waals surface area contributed by atoms with E-state index < -0.39 is 17.0 Å². The Balaban J connectivity index is 2.96. The predicted octanol–water partition coefficient (Wildman–Crippen LogP) is 1.96. The van der Waals surface area contributed by atoms with Crippen LogP contribution in [0.5, 0.6) is 0 Å². The van der Waals surface area contributed by atoms with Crippen LogP contribution in [0, 0.1) is 5.41 Å². The van der Waals surface area contributed by atoms with Gasteiger partial charge in [0, 0.05) is 0 Å². The second-order valence-corrected chi connectivity index (χ2v) is 4.50. The first-order valence-corrected chi connectivity index (χ1v) is 5.04. The molecule has 0 heterocycles. The zero-order valence-corrected chi connectivity index (χ0v) is 8.79. The Bertz CT molecular complexity index is 255. The molecule has 0 saturated carbocycles. The van der Waals surface area contributed by atoms with Crippen LogP contribution in [0.3, 0.4) is 0 Å². The minimum Gasteiger partial charge on any atom is -0.481 e. The number of carbonyl (C=O) groups is 1. The van der Waals surface area contributed by atoms with Gasteiger partial charge in [-0.25, -0.2) is 0 Å². The Morgan fingerprint density at radius 1 is 1.43 bits per heavy atom. The van der Waals surface area contributed by atoms with E-state index in [2.05, 4.69) is 0 Å². The Hall–Kier alpha value is -0.830. The van der Waals surface area contributed by atoms with E-state index in [9.17, 15) is 9.90 Å². The number of rotatable bonds is 2. The van der Waals surface area contributed by atoms with Gasteiger partial charge in [0.1, 0.15) is 0 Å². The molecule has 0 bridgehead atoms. The first-order valence-electron chi connectivity index (χ1n) is 5.04. The molecule has 0 spiro atoms. The van der Waals surface area contributed by atoms with Crippen LogP contribution < -0.4 is 0 Å². The Kier molecular flexibility index (Phi) is 3.00. The summed E-state index contributed by atoms with van der Waals surface area (Å²) >= 11 is 0. The average Bonchev–Trinajstić information content (AvgIpc) is 2.30. The lowest BCUT2D eigenvalue weighted by Crippen LogP contribution is -2.48. The average molecular weight is 198 g/mol. The van der Waals surface area contributed by atoms with Crippen LogP contribution >= 0.6 is 0 Å². The van der Waals surface area contributed by atoms with Gasteiger partial charge in [0.25, 0.3) is 0 Å². The van der Waals surface area contributed by atoms with Crippen molar-refractivity contribution in [2.45, 2.75) is 45.1 Å². The summed E-state index contributed by atoms with van der Waals surface area (Å²) in [6.45, 7) is 3.15. The van der Waals surface area contributed by atoms with Crippen molar-refractivity contribution in [1.82, 2.24) is 0 Å². The van der Waals surface area contributed by atoms with Crippen LogP contribution in [-0.4, -0.2) is 21.8 Å². The smallest absolute Gasteiger partial charge is 0.312 e. The molecule has 0 aromatic rings. The maximum Gasteiger partial charge on any atom is 0.312 e. The molecule has 0 aliphatic heterocycles. The first kappa shape index (κ1) is 11.2. The minimum absolute atomic E-state index is 0.531. The second kappa shape index (κ2) is 3.73. The molecule has 1 aliphatic carbocycles. The van der Waals surface area contributed by atoms with E-state index >= 15 is 0 Å². The van der Waals surface area contributed by atoms with E-state index in [1.54, 1.807) is 19.9 Å². The molecule has 0 radical (unpaired) electrons. The number of hydrogen-bond acceptors (Lipinski definition) is 2. The van der Waals surface area contributed by atoms with Gasteiger partial charge in [-0.1, -0.05) is 12.2 Å². The molecule has 1 unspecified atom stereocenters. The molecule has 0 amide bonds. The third-order valence-electron chi connectivity index (χ3n) is 3.19. The molecule has 2 N–H and O–H groups in total. The summed E-state index contributed by atoms with van der Waals surface area (Å²) < 4.78 is 0. The summed E-state index contributed by atoms with van der Waals surface area (Å²) in [6.07, 6.45) is 6.90. The number of carboxylic acid groups (broad SMARTS) is 1. The molecule has 1 rings (SSSR count). The first-order chi connectivity index (χ1) is 6.40. The zero-order chi connectivity index (χ0) is 10.8. The monoisotopic (exact) mass is 198 g/mol. The van der Waals surface area contributed by atoms with Gasteiger partial charge in [0.2, 0.25) is 0 Å². The lowest BCUT2D eigenvalue weighted by atomic mass is 9.72. The maximum absolute atomic E-state index is 11.0. The van der Waals surface area contributed by atoms with Gasteiger partial charge in [-0.05, 0) is 39.5 Å². The van der Waals surface area contributed by atoms with E-state index in [4.69, 9.17) is 5.11 Å². The number of carboxylic acids is 1. The van der Waals surface area contributed by atoms with E-state index in [0.29, 0.717) is 6.42 Å². The summed E-state index contributed by atoms with van der Waals surface area (Å²) in [6, 6.07) is 0. The normalized spacial score (nSPS) is 28.5. The molecule has 0 aromatic heterocycles. The molecule has 1 aliphatic rings. The van der Waals surface area contributed by atoms with Crippen molar-refractivity contribution in [3.63, 3.8) is 0 Å². The van der Waals surface area contributed by atoms with Gasteiger partial charge in [0.15, 0.2) is 0 Å². The van der Waals surface area contributed by atoms with E-state index in [0.717, 1.165) is 19.3 Å².